The molecule has 0 atom stereocenters. The van der Waals surface area contributed by atoms with Crippen LogP contribution in [0.4, 0.5) is 0 Å². The van der Waals surface area contributed by atoms with Crippen LogP contribution in [0.5, 0.6) is 0 Å². The summed E-state index contributed by atoms with van der Waals surface area (Å²) < 4.78 is 26.8. The van der Waals surface area contributed by atoms with E-state index >= 15 is 0 Å². The second kappa shape index (κ2) is 5.08. The zero-order valence-corrected chi connectivity index (χ0v) is 12.2. The Bertz CT molecular complexity index is 480. The molecular formula is C12H16BrNO2S. The maximum atomic E-state index is 12.1. The van der Waals surface area contributed by atoms with E-state index in [1.165, 1.54) is 0 Å². The lowest BCUT2D eigenvalue weighted by Gasteiger charge is -2.33. The van der Waals surface area contributed by atoms with Crippen LogP contribution in [0.1, 0.15) is 24.8 Å². The Hall–Kier alpha value is -0.390. The predicted molar refractivity (Wildman–Crippen MR) is 72.2 cm³/mol. The van der Waals surface area contributed by atoms with Gasteiger partial charge in [0.1, 0.15) is 0 Å². The standard InChI is InChI=1S/C12H16BrNO2S/c1-14(12-3-2-4-12)17(15,16)9-10-5-7-11(13)8-6-10/h5-8,12H,2-4,9H2,1H3. The second-order valence-corrected chi connectivity index (χ2v) is 7.43. The van der Waals surface area contributed by atoms with Crippen molar-refractivity contribution >= 4 is 26.0 Å². The molecule has 5 heteroatoms. The number of rotatable bonds is 4. The average Bonchev–Trinajstić information content (AvgIpc) is 2.18. The molecule has 0 N–H and O–H groups in total. The van der Waals surface area contributed by atoms with E-state index in [2.05, 4.69) is 15.9 Å². The van der Waals surface area contributed by atoms with Crippen LogP contribution in [0, 0.1) is 0 Å². The molecule has 0 radical (unpaired) electrons. The van der Waals surface area contributed by atoms with Crippen LogP contribution in [-0.2, 0) is 15.8 Å². The van der Waals surface area contributed by atoms with Crippen LogP contribution in [0.15, 0.2) is 28.7 Å². The highest BCUT2D eigenvalue weighted by Gasteiger charge is 2.30. The van der Waals surface area contributed by atoms with Gasteiger partial charge in [-0.1, -0.05) is 34.5 Å². The normalized spacial score (nSPS) is 17.1. The lowest BCUT2D eigenvalue weighted by Crippen LogP contribution is -2.41. The average molecular weight is 318 g/mol. The number of hydrogen-bond acceptors (Lipinski definition) is 2. The highest BCUT2D eigenvalue weighted by molar-refractivity contribution is 9.10. The van der Waals surface area contributed by atoms with Gasteiger partial charge in [0.25, 0.3) is 0 Å². The summed E-state index contributed by atoms with van der Waals surface area (Å²) in [4.78, 5) is 0. The van der Waals surface area contributed by atoms with Crippen molar-refractivity contribution in [2.45, 2.75) is 31.1 Å². The van der Waals surface area contributed by atoms with E-state index in [-0.39, 0.29) is 11.8 Å². The molecule has 0 heterocycles. The van der Waals surface area contributed by atoms with E-state index in [4.69, 9.17) is 0 Å². The van der Waals surface area contributed by atoms with Gasteiger partial charge >= 0.3 is 0 Å². The molecule has 1 saturated carbocycles. The topological polar surface area (TPSA) is 37.4 Å². The molecule has 1 fully saturated rings. The molecule has 2 rings (SSSR count). The van der Waals surface area contributed by atoms with Gasteiger partial charge in [-0.2, -0.15) is 0 Å². The van der Waals surface area contributed by atoms with Gasteiger partial charge in [-0.15, -0.1) is 0 Å². The second-order valence-electron chi connectivity index (χ2n) is 4.48. The largest absolute Gasteiger partial charge is 0.218 e. The third-order valence-electron chi connectivity index (χ3n) is 3.29. The third-order valence-corrected chi connectivity index (χ3v) is 5.69. The molecule has 1 aromatic rings. The SMILES string of the molecule is CN(C1CCC1)S(=O)(=O)Cc1ccc(Br)cc1. The van der Waals surface area contributed by atoms with Gasteiger partial charge in [0.05, 0.1) is 5.75 Å². The van der Waals surface area contributed by atoms with Crippen molar-refractivity contribution in [3.8, 4) is 0 Å². The fourth-order valence-electron chi connectivity index (χ4n) is 1.87. The van der Waals surface area contributed by atoms with Gasteiger partial charge in [-0.25, -0.2) is 12.7 Å². The molecule has 17 heavy (non-hydrogen) atoms. The van der Waals surface area contributed by atoms with Gasteiger partial charge < -0.3 is 0 Å². The molecule has 1 aliphatic carbocycles. The Morgan fingerprint density at radius 3 is 2.35 bits per heavy atom. The summed E-state index contributed by atoms with van der Waals surface area (Å²) in [7, 11) is -1.48. The van der Waals surface area contributed by atoms with E-state index in [0.29, 0.717) is 0 Å². The first-order chi connectivity index (χ1) is 7.99. The minimum atomic E-state index is -3.17. The molecular weight excluding hydrogens is 302 g/mol. The number of benzene rings is 1. The minimum Gasteiger partial charge on any atom is -0.212 e. The zero-order chi connectivity index (χ0) is 12.5. The first-order valence-electron chi connectivity index (χ1n) is 5.69. The molecule has 0 spiro atoms. The van der Waals surface area contributed by atoms with Crippen molar-refractivity contribution < 1.29 is 8.42 Å². The van der Waals surface area contributed by atoms with E-state index in [0.717, 1.165) is 29.3 Å². The van der Waals surface area contributed by atoms with Crippen LogP contribution in [0.25, 0.3) is 0 Å². The summed E-state index contributed by atoms with van der Waals surface area (Å²) in [6.07, 6.45) is 3.13. The van der Waals surface area contributed by atoms with Crippen molar-refractivity contribution in [2.75, 3.05) is 7.05 Å². The fourth-order valence-corrected chi connectivity index (χ4v) is 3.62. The molecule has 0 amide bonds. The lowest BCUT2D eigenvalue weighted by atomic mass is 9.94. The van der Waals surface area contributed by atoms with Crippen molar-refractivity contribution in [3.63, 3.8) is 0 Å². The summed E-state index contributed by atoms with van der Waals surface area (Å²) >= 11 is 3.34. The van der Waals surface area contributed by atoms with Crippen LogP contribution < -0.4 is 0 Å². The van der Waals surface area contributed by atoms with Crippen LogP contribution in [-0.4, -0.2) is 25.8 Å². The first-order valence-corrected chi connectivity index (χ1v) is 8.09. The number of halogens is 1. The van der Waals surface area contributed by atoms with Crippen molar-refractivity contribution in [2.24, 2.45) is 0 Å². The van der Waals surface area contributed by atoms with Crippen LogP contribution in [0.2, 0.25) is 0 Å². The van der Waals surface area contributed by atoms with Crippen molar-refractivity contribution in [3.05, 3.63) is 34.3 Å². The Morgan fingerprint density at radius 1 is 1.29 bits per heavy atom. The number of sulfonamides is 1. The summed E-state index contributed by atoms with van der Waals surface area (Å²) in [6.45, 7) is 0. The molecule has 0 bridgehead atoms. The van der Waals surface area contributed by atoms with Gasteiger partial charge in [-0.3, -0.25) is 0 Å². The first kappa shape index (κ1) is 13.1. The summed E-state index contributed by atoms with van der Waals surface area (Å²) in [5.74, 6) is 0.0906. The predicted octanol–water partition coefficient (Wildman–Crippen LogP) is 2.76. The quantitative estimate of drug-likeness (QED) is 0.856. The van der Waals surface area contributed by atoms with Gasteiger partial charge in [0.2, 0.25) is 10.0 Å². The maximum absolute atomic E-state index is 12.1. The highest BCUT2D eigenvalue weighted by Crippen LogP contribution is 2.26. The summed E-state index contributed by atoms with van der Waals surface area (Å²) in [6, 6.07) is 7.64. The molecule has 0 saturated heterocycles. The molecule has 0 unspecified atom stereocenters. The molecule has 3 nitrogen and oxygen atoms in total. The molecule has 0 aliphatic heterocycles. The maximum Gasteiger partial charge on any atom is 0.218 e. The zero-order valence-electron chi connectivity index (χ0n) is 9.77. The lowest BCUT2D eigenvalue weighted by molar-refractivity contribution is 0.249. The Kier molecular flexibility index (Phi) is 3.90. The van der Waals surface area contributed by atoms with E-state index in [1.807, 2.05) is 24.3 Å². The number of nitrogens with zero attached hydrogens (tertiary/aromatic N) is 1. The van der Waals surface area contributed by atoms with Crippen LogP contribution >= 0.6 is 15.9 Å². The Morgan fingerprint density at radius 2 is 1.88 bits per heavy atom. The van der Waals surface area contributed by atoms with Gasteiger partial charge in [0, 0.05) is 17.6 Å². The summed E-state index contributed by atoms with van der Waals surface area (Å²) in [5, 5.41) is 0. The molecule has 94 valence electrons. The monoisotopic (exact) mass is 317 g/mol. The van der Waals surface area contributed by atoms with E-state index in [9.17, 15) is 8.42 Å². The highest BCUT2D eigenvalue weighted by atomic mass is 79.9. The third kappa shape index (κ3) is 3.09. The van der Waals surface area contributed by atoms with Crippen molar-refractivity contribution in [1.29, 1.82) is 0 Å². The number of hydrogen-bond donors (Lipinski definition) is 0. The molecule has 0 aromatic heterocycles. The molecule has 1 aliphatic rings. The van der Waals surface area contributed by atoms with E-state index < -0.39 is 10.0 Å². The Labute approximate surface area is 111 Å². The van der Waals surface area contributed by atoms with Gasteiger partial charge in [-0.05, 0) is 30.5 Å². The minimum absolute atomic E-state index is 0.0906. The summed E-state index contributed by atoms with van der Waals surface area (Å²) in [5.41, 5.74) is 0.833. The fraction of sp³-hybridized carbons (Fsp3) is 0.500. The molecule has 1 aromatic carbocycles. The van der Waals surface area contributed by atoms with Crippen molar-refractivity contribution in [1.82, 2.24) is 4.31 Å². The van der Waals surface area contributed by atoms with E-state index in [1.54, 1.807) is 11.4 Å². The van der Waals surface area contributed by atoms with Crippen LogP contribution in [0.3, 0.4) is 0 Å². The van der Waals surface area contributed by atoms with Gasteiger partial charge in [0.15, 0.2) is 0 Å². The smallest absolute Gasteiger partial charge is 0.212 e. The Balaban J connectivity index is 2.08.